The summed E-state index contributed by atoms with van der Waals surface area (Å²) in [5, 5.41) is 0. The van der Waals surface area contributed by atoms with E-state index in [-0.39, 0.29) is 0 Å². The largest absolute Gasteiger partial charge is 0.0654 e. The summed E-state index contributed by atoms with van der Waals surface area (Å²) < 4.78 is 0. The summed E-state index contributed by atoms with van der Waals surface area (Å²) >= 11 is 0. The molecule has 0 aromatic rings. The van der Waals surface area contributed by atoms with Crippen molar-refractivity contribution in [1.82, 2.24) is 0 Å². The average molecular weight is 238 g/mol. The minimum Gasteiger partial charge on any atom is -0.0654 e. The molecule has 0 N–H and O–H groups in total. The van der Waals surface area contributed by atoms with Crippen LogP contribution in [-0.2, 0) is 0 Å². The van der Waals surface area contributed by atoms with E-state index in [0.717, 1.165) is 23.7 Å². The number of hydrogen-bond acceptors (Lipinski definition) is 0. The highest BCUT2D eigenvalue weighted by Gasteiger charge is 2.33. The van der Waals surface area contributed by atoms with Gasteiger partial charge >= 0.3 is 0 Å². The predicted octanol–water partition coefficient (Wildman–Crippen LogP) is 6.06. The fraction of sp³-hybridized carbons (Fsp3) is 1.00. The summed E-state index contributed by atoms with van der Waals surface area (Å²) in [7, 11) is 0. The van der Waals surface area contributed by atoms with E-state index >= 15 is 0 Å². The lowest BCUT2D eigenvalue weighted by Crippen LogP contribution is -2.19. The summed E-state index contributed by atoms with van der Waals surface area (Å²) in [5.41, 5.74) is 0. The molecule has 17 heavy (non-hydrogen) atoms. The molecule has 1 rings (SSSR count). The Morgan fingerprint density at radius 1 is 0.941 bits per heavy atom. The molecule has 0 nitrogen and oxygen atoms in total. The van der Waals surface area contributed by atoms with Gasteiger partial charge in [-0.15, -0.1) is 0 Å². The van der Waals surface area contributed by atoms with Crippen molar-refractivity contribution in [1.29, 1.82) is 0 Å². The Bertz CT molecular complexity index is 184. The summed E-state index contributed by atoms with van der Waals surface area (Å²) in [6.07, 6.45) is 13.1. The van der Waals surface area contributed by atoms with Crippen molar-refractivity contribution in [3.8, 4) is 0 Å². The Balaban J connectivity index is 2.23. The van der Waals surface area contributed by atoms with Crippen molar-refractivity contribution < 1.29 is 0 Å². The first-order valence-electron chi connectivity index (χ1n) is 8.20. The lowest BCUT2D eigenvalue weighted by Gasteiger charge is -2.27. The van der Waals surface area contributed by atoms with Crippen LogP contribution in [0.3, 0.4) is 0 Å². The fourth-order valence-electron chi connectivity index (χ4n) is 3.80. The molecule has 0 heterocycles. The van der Waals surface area contributed by atoms with E-state index in [1.807, 2.05) is 0 Å². The van der Waals surface area contributed by atoms with Gasteiger partial charge in [-0.05, 0) is 30.1 Å². The van der Waals surface area contributed by atoms with Crippen molar-refractivity contribution in [3.05, 3.63) is 0 Å². The molecule has 102 valence electrons. The van der Waals surface area contributed by atoms with Gasteiger partial charge in [0.2, 0.25) is 0 Å². The topological polar surface area (TPSA) is 0 Å². The molecule has 1 fully saturated rings. The minimum absolute atomic E-state index is 0.981. The Labute approximate surface area is 110 Å². The van der Waals surface area contributed by atoms with Gasteiger partial charge in [-0.1, -0.05) is 79.1 Å². The third kappa shape index (κ3) is 4.64. The molecule has 0 aromatic carbocycles. The second-order valence-corrected chi connectivity index (χ2v) is 6.45. The van der Waals surface area contributed by atoms with Gasteiger partial charge in [0.1, 0.15) is 0 Å². The standard InChI is InChI=1S/C17H34/c1-5-7-8-9-10-11-16(6-2)17-13-12-14(3)15(17)4/h14-17H,5-13H2,1-4H3. The number of rotatable bonds is 8. The smallest absolute Gasteiger partial charge is 0.0358 e. The van der Waals surface area contributed by atoms with Crippen LogP contribution in [0.5, 0.6) is 0 Å². The van der Waals surface area contributed by atoms with E-state index in [1.165, 1.54) is 57.8 Å². The lowest BCUT2D eigenvalue weighted by atomic mass is 9.78. The van der Waals surface area contributed by atoms with Gasteiger partial charge in [-0.25, -0.2) is 0 Å². The van der Waals surface area contributed by atoms with E-state index in [9.17, 15) is 0 Å². The van der Waals surface area contributed by atoms with Crippen molar-refractivity contribution in [2.45, 2.75) is 85.5 Å². The molecule has 0 heteroatoms. The number of hydrogen-bond donors (Lipinski definition) is 0. The molecule has 1 aliphatic rings. The lowest BCUT2D eigenvalue weighted by molar-refractivity contribution is 0.227. The summed E-state index contributed by atoms with van der Waals surface area (Å²) in [6.45, 7) is 9.67. The highest BCUT2D eigenvalue weighted by atomic mass is 14.4. The molecule has 4 atom stereocenters. The van der Waals surface area contributed by atoms with Crippen LogP contribution in [0, 0.1) is 23.7 Å². The minimum atomic E-state index is 0.981. The monoisotopic (exact) mass is 238 g/mol. The van der Waals surface area contributed by atoms with Crippen LogP contribution in [0.25, 0.3) is 0 Å². The zero-order valence-electron chi connectivity index (χ0n) is 12.7. The fourth-order valence-corrected chi connectivity index (χ4v) is 3.80. The summed E-state index contributed by atoms with van der Waals surface area (Å²) in [5.74, 6) is 4.03. The van der Waals surface area contributed by atoms with Gasteiger partial charge in [-0.3, -0.25) is 0 Å². The normalized spacial score (nSPS) is 30.7. The van der Waals surface area contributed by atoms with Crippen molar-refractivity contribution in [2.75, 3.05) is 0 Å². The Morgan fingerprint density at radius 3 is 2.18 bits per heavy atom. The van der Waals surface area contributed by atoms with Gasteiger partial charge in [0.05, 0.1) is 0 Å². The molecule has 0 radical (unpaired) electrons. The van der Waals surface area contributed by atoms with Crippen LogP contribution in [0.2, 0.25) is 0 Å². The molecule has 4 unspecified atom stereocenters. The molecular formula is C17H34. The first-order chi connectivity index (χ1) is 8.20. The van der Waals surface area contributed by atoms with Crippen LogP contribution in [-0.4, -0.2) is 0 Å². The van der Waals surface area contributed by atoms with Gasteiger partial charge in [0.25, 0.3) is 0 Å². The maximum absolute atomic E-state index is 2.50. The van der Waals surface area contributed by atoms with Crippen molar-refractivity contribution in [2.24, 2.45) is 23.7 Å². The van der Waals surface area contributed by atoms with Gasteiger partial charge in [-0.2, -0.15) is 0 Å². The van der Waals surface area contributed by atoms with E-state index in [1.54, 1.807) is 0 Å². The predicted molar refractivity (Wildman–Crippen MR) is 78.2 cm³/mol. The Hall–Kier alpha value is 0. The quantitative estimate of drug-likeness (QED) is 0.451. The maximum atomic E-state index is 2.50. The first kappa shape index (κ1) is 15.1. The third-order valence-electron chi connectivity index (χ3n) is 5.34. The van der Waals surface area contributed by atoms with Crippen molar-refractivity contribution in [3.63, 3.8) is 0 Å². The van der Waals surface area contributed by atoms with E-state index in [4.69, 9.17) is 0 Å². The zero-order chi connectivity index (χ0) is 12.7. The SMILES string of the molecule is CCCCCCCC(CC)C1CCC(C)C1C. The first-order valence-corrected chi connectivity index (χ1v) is 8.20. The molecule has 0 bridgehead atoms. The van der Waals surface area contributed by atoms with Crippen LogP contribution in [0.1, 0.15) is 85.5 Å². The van der Waals surface area contributed by atoms with Crippen LogP contribution in [0.4, 0.5) is 0 Å². The third-order valence-corrected chi connectivity index (χ3v) is 5.34. The average Bonchev–Trinajstić information content (AvgIpc) is 2.66. The molecule has 0 aromatic heterocycles. The molecule has 1 saturated carbocycles. The Morgan fingerprint density at radius 2 is 1.65 bits per heavy atom. The number of unbranched alkanes of at least 4 members (excludes halogenated alkanes) is 4. The molecular weight excluding hydrogens is 204 g/mol. The van der Waals surface area contributed by atoms with Crippen molar-refractivity contribution >= 4 is 0 Å². The summed E-state index contributed by atoms with van der Waals surface area (Å²) in [6, 6.07) is 0. The van der Waals surface area contributed by atoms with E-state index in [2.05, 4.69) is 27.7 Å². The van der Waals surface area contributed by atoms with Gasteiger partial charge < -0.3 is 0 Å². The molecule has 0 spiro atoms. The van der Waals surface area contributed by atoms with Gasteiger partial charge in [0.15, 0.2) is 0 Å². The van der Waals surface area contributed by atoms with Crippen LogP contribution < -0.4 is 0 Å². The van der Waals surface area contributed by atoms with E-state index < -0.39 is 0 Å². The molecule has 1 aliphatic carbocycles. The van der Waals surface area contributed by atoms with Gasteiger partial charge in [0, 0.05) is 0 Å². The second-order valence-electron chi connectivity index (χ2n) is 6.45. The molecule has 0 aliphatic heterocycles. The van der Waals surface area contributed by atoms with E-state index in [0.29, 0.717) is 0 Å². The zero-order valence-corrected chi connectivity index (χ0v) is 12.7. The van der Waals surface area contributed by atoms with Crippen LogP contribution in [0.15, 0.2) is 0 Å². The molecule has 0 saturated heterocycles. The molecule has 0 amide bonds. The second kappa shape index (κ2) is 8.16. The Kier molecular flexibility index (Phi) is 7.23. The summed E-state index contributed by atoms with van der Waals surface area (Å²) in [4.78, 5) is 0. The van der Waals surface area contributed by atoms with Crippen LogP contribution >= 0.6 is 0 Å². The maximum Gasteiger partial charge on any atom is -0.0358 e. The highest BCUT2D eigenvalue weighted by Crippen LogP contribution is 2.43. The highest BCUT2D eigenvalue weighted by molar-refractivity contribution is 4.83.